The lowest BCUT2D eigenvalue weighted by atomic mass is 9.93. The number of carbonyl (C=O) groups is 2. The number of amides is 3. The van der Waals surface area contributed by atoms with Crippen molar-refractivity contribution in [2.45, 2.75) is 20.0 Å². The van der Waals surface area contributed by atoms with Gasteiger partial charge in [0.2, 0.25) is 0 Å². The Hall–Kier alpha value is -4.11. The number of halogens is 4. The van der Waals surface area contributed by atoms with Gasteiger partial charge in [-0.25, -0.2) is 19.2 Å². The standard InChI is InChI=1S/C25H26F4N8O2S/c1-24(2,12-37(3)4)11-31-21(38)14-8-18(33-20-15(14)9-32-36-20)19-10-30-23(40-19)35-22(39)34-17-7-13(25(27,28)29)5-6-16(17)26/h5-10H,11-12H2,1-4H3,(H,31,38)(H,32,33,36)(H2,30,34,35,39). The molecule has 0 aliphatic carbocycles. The molecule has 15 heteroatoms. The second kappa shape index (κ2) is 11.2. The van der Waals surface area contributed by atoms with Crippen molar-refractivity contribution in [2.24, 2.45) is 5.41 Å². The lowest BCUT2D eigenvalue weighted by Crippen LogP contribution is -2.40. The molecule has 0 saturated heterocycles. The highest BCUT2D eigenvalue weighted by molar-refractivity contribution is 7.19. The summed E-state index contributed by atoms with van der Waals surface area (Å²) in [5, 5.41) is 14.7. The largest absolute Gasteiger partial charge is 0.416 e. The van der Waals surface area contributed by atoms with Crippen LogP contribution in [0.2, 0.25) is 0 Å². The lowest BCUT2D eigenvalue weighted by Gasteiger charge is -2.28. The molecule has 0 atom stereocenters. The number of thiazole rings is 1. The van der Waals surface area contributed by atoms with Crippen molar-refractivity contribution < 1.29 is 27.2 Å². The van der Waals surface area contributed by atoms with E-state index in [-0.39, 0.29) is 16.5 Å². The first-order chi connectivity index (χ1) is 18.7. The van der Waals surface area contributed by atoms with Crippen molar-refractivity contribution in [3.63, 3.8) is 0 Å². The molecule has 0 bridgehead atoms. The number of nitrogens with one attached hydrogen (secondary N) is 4. The monoisotopic (exact) mass is 578 g/mol. The van der Waals surface area contributed by atoms with Crippen LogP contribution in [0.25, 0.3) is 21.6 Å². The molecular weight excluding hydrogens is 552 g/mol. The molecule has 0 radical (unpaired) electrons. The Kier molecular flexibility index (Phi) is 8.07. The number of pyridine rings is 1. The molecule has 3 aromatic heterocycles. The molecule has 0 aliphatic heterocycles. The van der Waals surface area contributed by atoms with E-state index in [1.807, 2.05) is 32.8 Å². The van der Waals surface area contributed by atoms with Crippen molar-refractivity contribution in [3.05, 3.63) is 53.6 Å². The van der Waals surface area contributed by atoms with Crippen LogP contribution in [0.4, 0.5) is 33.2 Å². The van der Waals surface area contributed by atoms with E-state index in [0.29, 0.717) is 51.9 Å². The minimum atomic E-state index is -4.70. The van der Waals surface area contributed by atoms with Crippen LogP contribution >= 0.6 is 11.3 Å². The third kappa shape index (κ3) is 6.90. The van der Waals surface area contributed by atoms with Gasteiger partial charge in [0.1, 0.15) is 5.82 Å². The van der Waals surface area contributed by atoms with Gasteiger partial charge in [-0.1, -0.05) is 25.2 Å². The Balaban J connectivity index is 1.51. The Morgan fingerprint density at radius 3 is 2.55 bits per heavy atom. The van der Waals surface area contributed by atoms with E-state index in [4.69, 9.17) is 0 Å². The van der Waals surface area contributed by atoms with Gasteiger partial charge in [-0.05, 0) is 43.8 Å². The molecule has 40 heavy (non-hydrogen) atoms. The number of fused-ring (bicyclic) bond motifs is 1. The average Bonchev–Trinajstić information content (AvgIpc) is 3.51. The first-order valence-corrected chi connectivity index (χ1v) is 12.7. The van der Waals surface area contributed by atoms with Gasteiger partial charge in [0.05, 0.1) is 39.0 Å². The van der Waals surface area contributed by atoms with Gasteiger partial charge in [0.25, 0.3) is 5.91 Å². The summed E-state index contributed by atoms with van der Waals surface area (Å²) in [5.74, 6) is -1.34. The van der Waals surface area contributed by atoms with Gasteiger partial charge in [-0.2, -0.15) is 18.3 Å². The fraction of sp³-hybridized carbons (Fsp3) is 0.320. The quantitative estimate of drug-likeness (QED) is 0.213. The summed E-state index contributed by atoms with van der Waals surface area (Å²) in [6.07, 6.45) is -1.79. The van der Waals surface area contributed by atoms with Crippen molar-refractivity contribution in [1.29, 1.82) is 0 Å². The van der Waals surface area contributed by atoms with E-state index in [0.717, 1.165) is 17.9 Å². The molecule has 1 aromatic carbocycles. The van der Waals surface area contributed by atoms with E-state index >= 15 is 0 Å². The maximum absolute atomic E-state index is 14.0. The van der Waals surface area contributed by atoms with Gasteiger partial charge in [0, 0.05) is 19.3 Å². The summed E-state index contributed by atoms with van der Waals surface area (Å²) in [6.45, 7) is 5.28. The number of nitrogens with zero attached hydrogens (tertiary/aromatic N) is 4. The zero-order valence-electron chi connectivity index (χ0n) is 21.9. The number of anilines is 2. The number of hydrogen-bond donors (Lipinski definition) is 4. The number of aromatic nitrogens is 4. The normalized spacial score (nSPS) is 12.1. The number of urea groups is 1. The third-order valence-corrected chi connectivity index (χ3v) is 6.59. The Labute approximate surface area is 230 Å². The molecule has 10 nitrogen and oxygen atoms in total. The highest BCUT2D eigenvalue weighted by Crippen LogP contribution is 2.33. The summed E-state index contributed by atoms with van der Waals surface area (Å²) in [5.41, 5.74) is -0.836. The smallest absolute Gasteiger partial charge is 0.351 e. The number of rotatable bonds is 8. The molecule has 3 heterocycles. The topological polar surface area (TPSA) is 128 Å². The summed E-state index contributed by atoms with van der Waals surface area (Å²) in [4.78, 5) is 36.6. The molecule has 4 N–H and O–H groups in total. The second-order valence-electron chi connectivity index (χ2n) is 10.1. The fourth-order valence-electron chi connectivity index (χ4n) is 4.07. The van der Waals surface area contributed by atoms with Crippen molar-refractivity contribution in [2.75, 3.05) is 37.8 Å². The van der Waals surface area contributed by atoms with Crippen LogP contribution in [0.1, 0.15) is 29.8 Å². The van der Waals surface area contributed by atoms with E-state index in [1.165, 1.54) is 12.4 Å². The van der Waals surface area contributed by atoms with E-state index in [2.05, 4.69) is 36.1 Å². The highest BCUT2D eigenvalue weighted by atomic mass is 32.1. The first-order valence-electron chi connectivity index (χ1n) is 11.9. The lowest BCUT2D eigenvalue weighted by molar-refractivity contribution is -0.137. The molecule has 3 amide bonds. The molecule has 4 aromatic rings. The Bertz CT molecular complexity index is 1550. The van der Waals surface area contributed by atoms with Crippen molar-refractivity contribution in [3.8, 4) is 10.6 Å². The molecule has 0 fully saturated rings. The van der Waals surface area contributed by atoms with Crippen LogP contribution in [0, 0.1) is 11.2 Å². The van der Waals surface area contributed by atoms with E-state index in [1.54, 1.807) is 6.07 Å². The molecule has 0 saturated carbocycles. The van der Waals surface area contributed by atoms with Gasteiger partial charge < -0.3 is 15.5 Å². The van der Waals surface area contributed by atoms with E-state index < -0.39 is 29.3 Å². The van der Waals surface area contributed by atoms with Crippen LogP contribution in [-0.2, 0) is 6.18 Å². The molecule has 212 valence electrons. The summed E-state index contributed by atoms with van der Waals surface area (Å²) in [6, 6.07) is 2.29. The maximum Gasteiger partial charge on any atom is 0.416 e. The van der Waals surface area contributed by atoms with Crippen LogP contribution in [0.5, 0.6) is 0 Å². The molecule has 0 unspecified atom stereocenters. The number of aromatic amines is 1. The molecular formula is C25H26F4N8O2S. The number of alkyl halides is 3. The minimum absolute atomic E-state index is 0.0721. The van der Waals surface area contributed by atoms with Gasteiger partial charge in [-0.3, -0.25) is 15.2 Å². The second-order valence-corrected chi connectivity index (χ2v) is 11.1. The fourth-order valence-corrected chi connectivity index (χ4v) is 4.84. The van der Waals surface area contributed by atoms with Gasteiger partial charge in [0.15, 0.2) is 10.8 Å². The number of hydrogen-bond acceptors (Lipinski definition) is 7. The predicted octanol–water partition coefficient (Wildman–Crippen LogP) is 5.20. The van der Waals surface area contributed by atoms with Gasteiger partial charge >= 0.3 is 12.2 Å². The van der Waals surface area contributed by atoms with Crippen LogP contribution in [0.3, 0.4) is 0 Å². The zero-order valence-corrected chi connectivity index (χ0v) is 22.7. The third-order valence-electron chi connectivity index (χ3n) is 5.66. The first kappa shape index (κ1) is 28.9. The Morgan fingerprint density at radius 1 is 1.10 bits per heavy atom. The summed E-state index contributed by atoms with van der Waals surface area (Å²) in [7, 11) is 3.92. The number of carbonyl (C=O) groups excluding carboxylic acids is 2. The van der Waals surface area contributed by atoms with Crippen molar-refractivity contribution in [1.82, 2.24) is 30.4 Å². The van der Waals surface area contributed by atoms with Crippen molar-refractivity contribution >= 4 is 45.1 Å². The molecule has 0 spiro atoms. The molecule has 4 rings (SSSR count). The number of benzene rings is 1. The zero-order chi connectivity index (χ0) is 29.2. The van der Waals surface area contributed by atoms with Crippen LogP contribution < -0.4 is 16.0 Å². The SMILES string of the molecule is CN(C)CC(C)(C)CNC(=O)c1cc(-c2cnc(NC(=O)Nc3cc(C(F)(F)F)ccc3F)s2)nc2[nH]ncc12. The maximum atomic E-state index is 14.0. The number of H-pyrrole nitrogens is 1. The summed E-state index contributed by atoms with van der Waals surface area (Å²) < 4.78 is 52.8. The average molecular weight is 579 g/mol. The van der Waals surface area contributed by atoms with E-state index in [9.17, 15) is 27.2 Å². The minimum Gasteiger partial charge on any atom is -0.351 e. The highest BCUT2D eigenvalue weighted by Gasteiger charge is 2.31. The molecule has 0 aliphatic rings. The van der Waals surface area contributed by atoms with Crippen LogP contribution in [0.15, 0.2) is 36.7 Å². The summed E-state index contributed by atoms with van der Waals surface area (Å²) >= 11 is 1.00. The predicted molar refractivity (Wildman–Crippen MR) is 144 cm³/mol. The van der Waals surface area contributed by atoms with Gasteiger partial charge in [-0.15, -0.1) is 0 Å². The van der Waals surface area contributed by atoms with Crippen LogP contribution in [-0.4, -0.2) is 64.2 Å². The Morgan fingerprint density at radius 2 is 1.85 bits per heavy atom.